The van der Waals surface area contributed by atoms with E-state index in [0.717, 1.165) is 12.1 Å². The van der Waals surface area contributed by atoms with Gasteiger partial charge in [-0.3, -0.25) is 0 Å². The van der Waals surface area contributed by atoms with Crippen LogP contribution in [-0.2, 0) is 0 Å². The van der Waals surface area contributed by atoms with E-state index in [1.807, 2.05) is 0 Å². The van der Waals surface area contributed by atoms with Crippen LogP contribution in [-0.4, -0.2) is 9.97 Å². The fraction of sp³-hybridized carbons (Fsp3) is 0.167. The zero-order valence-electron chi connectivity index (χ0n) is 10.1. The highest BCUT2D eigenvalue weighted by molar-refractivity contribution is 9.10. The highest BCUT2D eigenvalue weighted by Gasteiger charge is 2.14. The molecule has 0 radical (unpaired) electrons. The van der Waals surface area contributed by atoms with E-state index in [-0.39, 0.29) is 16.7 Å². The van der Waals surface area contributed by atoms with Gasteiger partial charge in [0, 0.05) is 10.0 Å². The van der Waals surface area contributed by atoms with Crippen molar-refractivity contribution in [3.8, 4) is 0 Å². The Morgan fingerprint density at radius 2 is 1.74 bits per heavy atom. The fourth-order valence-electron chi connectivity index (χ4n) is 1.50. The molecule has 0 aliphatic heterocycles. The smallest absolute Gasteiger partial charge is 0.150 e. The summed E-state index contributed by atoms with van der Waals surface area (Å²) in [7, 11) is 0. The number of aryl methyl sites for hydroxylation is 1. The molecule has 0 fully saturated rings. The second-order valence-electron chi connectivity index (χ2n) is 3.90. The fourth-order valence-corrected chi connectivity index (χ4v) is 2.11. The van der Waals surface area contributed by atoms with Crippen LogP contribution in [0.3, 0.4) is 0 Å². The maximum Gasteiger partial charge on any atom is 0.150 e. The van der Waals surface area contributed by atoms with Gasteiger partial charge in [-0.1, -0.05) is 27.5 Å². The number of hydrogen-bond acceptors (Lipinski definition) is 3. The normalized spacial score (nSPS) is 10.6. The lowest BCUT2D eigenvalue weighted by molar-refractivity contribution is 0.589. The molecule has 100 valence electrons. The number of nitrogens with one attached hydrogen (secondary N) is 1. The molecule has 0 saturated carbocycles. The van der Waals surface area contributed by atoms with E-state index < -0.39 is 11.6 Å². The Hall–Kier alpha value is -1.27. The summed E-state index contributed by atoms with van der Waals surface area (Å²) in [6, 6.07) is 2.33. The molecule has 0 atom stereocenters. The molecular formula is C12H9BrClF2N3. The molecule has 0 aliphatic carbocycles. The topological polar surface area (TPSA) is 37.8 Å². The molecule has 2 aromatic rings. The summed E-state index contributed by atoms with van der Waals surface area (Å²) < 4.78 is 27.8. The molecule has 1 aromatic carbocycles. The van der Waals surface area contributed by atoms with Gasteiger partial charge in [-0.25, -0.2) is 18.7 Å². The van der Waals surface area contributed by atoms with Gasteiger partial charge in [0.2, 0.25) is 0 Å². The Morgan fingerprint density at radius 1 is 1.16 bits per heavy atom. The standard InChI is InChI=1S/C12H9BrClF2N3/c1-5-11(14)17-6(2)18-12(5)19-10-8(15)3-7(13)4-9(10)16/h3-4H,1-2H3,(H,17,18,19). The van der Waals surface area contributed by atoms with Gasteiger partial charge < -0.3 is 5.32 Å². The van der Waals surface area contributed by atoms with Crippen LogP contribution in [0.1, 0.15) is 11.4 Å². The lowest BCUT2D eigenvalue weighted by Crippen LogP contribution is -2.04. The average molecular weight is 349 g/mol. The first-order chi connectivity index (χ1) is 8.88. The summed E-state index contributed by atoms with van der Waals surface area (Å²) in [5, 5.41) is 2.85. The van der Waals surface area contributed by atoms with Crippen molar-refractivity contribution in [2.75, 3.05) is 5.32 Å². The number of aromatic nitrogens is 2. The molecule has 1 heterocycles. The van der Waals surface area contributed by atoms with Crippen LogP contribution >= 0.6 is 27.5 Å². The molecular weight excluding hydrogens is 340 g/mol. The summed E-state index contributed by atoms with van der Waals surface area (Å²) in [5.74, 6) is -0.758. The van der Waals surface area contributed by atoms with Crippen molar-refractivity contribution < 1.29 is 8.78 Å². The number of rotatable bonds is 2. The quantitative estimate of drug-likeness (QED) is 0.810. The van der Waals surface area contributed by atoms with Crippen LogP contribution in [0.4, 0.5) is 20.3 Å². The molecule has 1 aromatic heterocycles. The third-order valence-electron chi connectivity index (χ3n) is 2.45. The van der Waals surface area contributed by atoms with Crippen molar-refractivity contribution in [3.63, 3.8) is 0 Å². The summed E-state index contributed by atoms with van der Waals surface area (Å²) in [6.45, 7) is 3.31. The molecule has 0 aliphatic rings. The lowest BCUT2D eigenvalue weighted by Gasteiger charge is -2.12. The minimum Gasteiger partial charge on any atom is -0.335 e. The first kappa shape index (κ1) is 14.1. The zero-order valence-corrected chi connectivity index (χ0v) is 12.4. The Balaban J connectivity index is 2.48. The lowest BCUT2D eigenvalue weighted by atomic mass is 10.2. The number of hydrogen-bond donors (Lipinski definition) is 1. The Labute approximate surface area is 122 Å². The molecule has 7 heteroatoms. The first-order valence-corrected chi connectivity index (χ1v) is 6.48. The van der Waals surface area contributed by atoms with E-state index in [0.29, 0.717) is 15.9 Å². The third-order valence-corrected chi connectivity index (χ3v) is 3.27. The van der Waals surface area contributed by atoms with Gasteiger partial charge in [-0.15, -0.1) is 0 Å². The predicted octanol–water partition coefficient (Wildman–Crippen LogP) is 4.53. The van der Waals surface area contributed by atoms with E-state index in [4.69, 9.17) is 11.6 Å². The maximum atomic E-state index is 13.7. The highest BCUT2D eigenvalue weighted by Crippen LogP contribution is 2.28. The van der Waals surface area contributed by atoms with E-state index in [1.165, 1.54) is 0 Å². The largest absolute Gasteiger partial charge is 0.335 e. The summed E-state index contributed by atoms with van der Waals surface area (Å²) in [6.07, 6.45) is 0. The Bertz CT molecular complexity index is 626. The molecule has 0 bridgehead atoms. The van der Waals surface area contributed by atoms with E-state index in [9.17, 15) is 8.78 Å². The van der Waals surface area contributed by atoms with Crippen LogP contribution in [0.15, 0.2) is 16.6 Å². The SMILES string of the molecule is Cc1nc(Cl)c(C)c(Nc2c(F)cc(Br)cc2F)n1. The second kappa shape index (κ2) is 5.38. The van der Waals surface area contributed by atoms with Gasteiger partial charge in [-0.2, -0.15) is 0 Å². The minimum absolute atomic E-state index is 0.243. The van der Waals surface area contributed by atoms with Gasteiger partial charge in [0.1, 0.15) is 22.5 Å². The molecule has 0 unspecified atom stereocenters. The molecule has 0 spiro atoms. The molecule has 3 nitrogen and oxygen atoms in total. The monoisotopic (exact) mass is 347 g/mol. The highest BCUT2D eigenvalue weighted by atomic mass is 79.9. The van der Waals surface area contributed by atoms with Crippen molar-refractivity contribution in [1.29, 1.82) is 0 Å². The molecule has 1 N–H and O–H groups in total. The number of benzene rings is 1. The van der Waals surface area contributed by atoms with Crippen molar-refractivity contribution in [1.82, 2.24) is 9.97 Å². The van der Waals surface area contributed by atoms with Crippen LogP contribution < -0.4 is 5.32 Å². The first-order valence-electron chi connectivity index (χ1n) is 5.31. The van der Waals surface area contributed by atoms with Gasteiger partial charge in [-0.05, 0) is 26.0 Å². The van der Waals surface area contributed by atoms with E-state index in [1.54, 1.807) is 13.8 Å². The van der Waals surface area contributed by atoms with Gasteiger partial charge in [0.15, 0.2) is 11.6 Å². The predicted molar refractivity (Wildman–Crippen MR) is 73.9 cm³/mol. The zero-order chi connectivity index (χ0) is 14.2. The van der Waals surface area contributed by atoms with Crippen molar-refractivity contribution in [2.24, 2.45) is 0 Å². The van der Waals surface area contributed by atoms with Crippen molar-refractivity contribution in [2.45, 2.75) is 13.8 Å². The minimum atomic E-state index is -0.723. The van der Waals surface area contributed by atoms with Crippen LogP contribution in [0.25, 0.3) is 0 Å². The van der Waals surface area contributed by atoms with E-state index >= 15 is 0 Å². The molecule has 19 heavy (non-hydrogen) atoms. The number of halogens is 4. The Morgan fingerprint density at radius 3 is 2.32 bits per heavy atom. The van der Waals surface area contributed by atoms with Gasteiger partial charge in [0.05, 0.1) is 0 Å². The van der Waals surface area contributed by atoms with Crippen molar-refractivity contribution >= 4 is 39.0 Å². The van der Waals surface area contributed by atoms with Crippen LogP contribution in [0.2, 0.25) is 5.15 Å². The summed E-state index contributed by atoms with van der Waals surface area (Å²) >= 11 is 8.92. The van der Waals surface area contributed by atoms with Crippen molar-refractivity contribution in [3.05, 3.63) is 44.8 Å². The maximum absolute atomic E-state index is 13.7. The second-order valence-corrected chi connectivity index (χ2v) is 5.18. The number of nitrogens with zero attached hydrogens (tertiary/aromatic N) is 2. The third kappa shape index (κ3) is 3.01. The van der Waals surface area contributed by atoms with Gasteiger partial charge in [0.25, 0.3) is 0 Å². The molecule has 0 amide bonds. The number of anilines is 2. The Kier molecular flexibility index (Phi) is 4.01. The van der Waals surface area contributed by atoms with Crippen LogP contribution in [0, 0.1) is 25.5 Å². The summed E-state index contributed by atoms with van der Waals surface area (Å²) in [4.78, 5) is 8.04. The van der Waals surface area contributed by atoms with E-state index in [2.05, 4.69) is 31.2 Å². The summed E-state index contributed by atoms with van der Waals surface area (Å²) in [5.41, 5.74) is 0.245. The van der Waals surface area contributed by atoms with Crippen LogP contribution in [0.5, 0.6) is 0 Å². The molecule has 0 saturated heterocycles. The van der Waals surface area contributed by atoms with Gasteiger partial charge >= 0.3 is 0 Å². The average Bonchev–Trinajstić information content (AvgIpc) is 2.29. The molecule has 2 rings (SSSR count).